The second-order valence-electron chi connectivity index (χ2n) is 5.44. The molecule has 16 heavy (non-hydrogen) atoms. The number of hydrogen-bond donors (Lipinski definition) is 0. The highest BCUT2D eigenvalue weighted by atomic mass is 15.2. The van der Waals surface area contributed by atoms with E-state index in [0.29, 0.717) is 0 Å². The molecule has 0 bridgehead atoms. The lowest BCUT2D eigenvalue weighted by Gasteiger charge is -2.42. The van der Waals surface area contributed by atoms with E-state index < -0.39 is 0 Å². The Morgan fingerprint density at radius 1 is 1.31 bits per heavy atom. The molecule has 2 fully saturated rings. The molecule has 0 spiro atoms. The maximum absolute atomic E-state index is 5.33. The van der Waals surface area contributed by atoms with E-state index >= 15 is 0 Å². The van der Waals surface area contributed by atoms with Crippen molar-refractivity contribution in [3.8, 4) is 12.3 Å². The van der Waals surface area contributed by atoms with Crippen LogP contribution in [0.5, 0.6) is 0 Å². The van der Waals surface area contributed by atoms with Crippen LogP contribution in [0.25, 0.3) is 0 Å². The van der Waals surface area contributed by atoms with E-state index in [1.165, 1.54) is 51.5 Å². The van der Waals surface area contributed by atoms with Crippen LogP contribution in [0.3, 0.4) is 0 Å². The number of unbranched alkanes of at least 4 members (excludes halogenated alkanes) is 1. The van der Waals surface area contributed by atoms with Crippen molar-refractivity contribution < 1.29 is 0 Å². The summed E-state index contributed by atoms with van der Waals surface area (Å²) < 4.78 is 0. The summed E-state index contributed by atoms with van der Waals surface area (Å²) in [6, 6.07) is 1.76. The zero-order valence-electron chi connectivity index (χ0n) is 10.6. The van der Waals surface area contributed by atoms with Crippen LogP contribution in [0.15, 0.2) is 0 Å². The SMILES string of the molecule is C#CCCC[C@H]1CC[C@@H](CC)[C@H]2CCCN12. The van der Waals surface area contributed by atoms with Crippen molar-refractivity contribution in [3.63, 3.8) is 0 Å². The smallest absolute Gasteiger partial charge is 0.0127 e. The van der Waals surface area contributed by atoms with E-state index in [1.807, 2.05) is 0 Å². The average molecular weight is 219 g/mol. The third-order valence-corrected chi connectivity index (χ3v) is 4.61. The lowest BCUT2D eigenvalue weighted by atomic mass is 9.83. The Bertz CT molecular complexity index is 253. The van der Waals surface area contributed by atoms with E-state index in [9.17, 15) is 0 Å². The minimum Gasteiger partial charge on any atom is -0.297 e. The summed E-state index contributed by atoms with van der Waals surface area (Å²) in [5.41, 5.74) is 0. The third kappa shape index (κ3) is 2.43. The normalized spacial score (nSPS) is 34.6. The van der Waals surface area contributed by atoms with E-state index in [4.69, 9.17) is 6.42 Å². The highest BCUT2D eigenvalue weighted by Gasteiger charge is 2.38. The molecule has 0 aliphatic carbocycles. The first-order chi connectivity index (χ1) is 7.86. The first kappa shape index (κ1) is 12.0. The highest BCUT2D eigenvalue weighted by Crippen LogP contribution is 2.38. The molecule has 0 unspecified atom stereocenters. The fourth-order valence-electron chi connectivity index (χ4n) is 3.77. The molecule has 0 aromatic heterocycles. The Hall–Kier alpha value is -0.480. The largest absolute Gasteiger partial charge is 0.297 e. The lowest BCUT2D eigenvalue weighted by molar-refractivity contribution is 0.0665. The van der Waals surface area contributed by atoms with E-state index in [0.717, 1.165) is 24.4 Å². The first-order valence-electron chi connectivity index (χ1n) is 7.06. The number of piperidine rings is 1. The maximum Gasteiger partial charge on any atom is 0.0127 e. The molecule has 3 atom stereocenters. The number of fused-ring (bicyclic) bond motifs is 1. The fourth-order valence-corrected chi connectivity index (χ4v) is 3.77. The number of terminal acetylenes is 1. The summed E-state index contributed by atoms with van der Waals surface area (Å²) in [6.45, 7) is 3.71. The van der Waals surface area contributed by atoms with Crippen LogP contribution in [-0.4, -0.2) is 23.5 Å². The molecule has 90 valence electrons. The molecule has 2 heterocycles. The third-order valence-electron chi connectivity index (χ3n) is 4.61. The van der Waals surface area contributed by atoms with Crippen LogP contribution < -0.4 is 0 Å². The Morgan fingerprint density at radius 2 is 2.19 bits per heavy atom. The van der Waals surface area contributed by atoms with Gasteiger partial charge >= 0.3 is 0 Å². The molecule has 0 aromatic rings. The van der Waals surface area contributed by atoms with Gasteiger partial charge in [0, 0.05) is 18.5 Å². The molecule has 2 aliphatic heterocycles. The van der Waals surface area contributed by atoms with E-state index in [-0.39, 0.29) is 0 Å². The molecule has 0 amide bonds. The second-order valence-corrected chi connectivity index (χ2v) is 5.44. The fraction of sp³-hybridized carbons (Fsp3) is 0.867. The van der Waals surface area contributed by atoms with Crippen molar-refractivity contribution in [2.75, 3.05) is 6.54 Å². The van der Waals surface area contributed by atoms with E-state index in [1.54, 1.807) is 0 Å². The molecule has 0 saturated carbocycles. The van der Waals surface area contributed by atoms with E-state index in [2.05, 4.69) is 17.7 Å². The Morgan fingerprint density at radius 3 is 2.94 bits per heavy atom. The summed E-state index contributed by atoms with van der Waals surface area (Å²) in [5, 5.41) is 0. The van der Waals surface area contributed by atoms with Gasteiger partial charge in [-0.25, -0.2) is 0 Å². The summed E-state index contributed by atoms with van der Waals surface area (Å²) in [4.78, 5) is 2.81. The quantitative estimate of drug-likeness (QED) is 0.517. The van der Waals surface area contributed by atoms with Crippen molar-refractivity contribution in [2.45, 2.75) is 70.4 Å². The molecule has 1 nitrogen and oxygen atoms in total. The molecule has 2 saturated heterocycles. The van der Waals surface area contributed by atoms with Crippen molar-refractivity contribution in [1.29, 1.82) is 0 Å². The Balaban J connectivity index is 1.89. The monoisotopic (exact) mass is 219 g/mol. The summed E-state index contributed by atoms with van der Waals surface area (Å²) in [5.74, 6) is 3.75. The molecule has 0 N–H and O–H groups in total. The predicted molar refractivity (Wildman–Crippen MR) is 69.2 cm³/mol. The van der Waals surface area contributed by atoms with Gasteiger partial charge in [-0.1, -0.05) is 13.3 Å². The van der Waals surface area contributed by atoms with Crippen molar-refractivity contribution in [1.82, 2.24) is 4.90 Å². The molecule has 2 rings (SSSR count). The van der Waals surface area contributed by atoms with Crippen LogP contribution in [0.2, 0.25) is 0 Å². The molecule has 1 heteroatoms. The first-order valence-corrected chi connectivity index (χ1v) is 7.06. The second kappa shape index (κ2) is 5.73. The van der Waals surface area contributed by atoms with Gasteiger partial charge in [0.1, 0.15) is 0 Å². The topological polar surface area (TPSA) is 3.24 Å². The van der Waals surface area contributed by atoms with Crippen LogP contribution >= 0.6 is 0 Å². The van der Waals surface area contributed by atoms with Gasteiger partial charge in [-0.15, -0.1) is 12.3 Å². The summed E-state index contributed by atoms with van der Waals surface area (Å²) in [7, 11) is 0. The van der Waals surface area contributed by atoms with Gasteiger partial charge in [0.25, 0.3) is 0 Å². The number of nitrogens with zero attached hydrogens (tertiary/aromatic N) is 1. The number of rotatable bonds is 4. The van der Waals surface area contributed by atoms with Crippen LogP contribution in [-0.2, 0) is 0 Å². The maximum atomic E-state index is 5.33. The molecular weight excluding hydrogens is 194 g/mol. The van der Waals surface area contributed by atoms with Crippen molar-refractivity contribution in [3.05, 3.63) is 0 Å². The zero-order valence-corrected chi connectivity index (χ0v) is 10.6. The average Bonchev–Trinajstić information content (AvgIpc) is 2.79. The van der Waals surface area contributed by atoms with Gasteiger partial charge < -0.3 is 0 Å². The minimum absolute atomic E-state index is 0.851. The van der Waals surface area contributed by atoms with Gasteiger partial charge in [0.05, 0.1) is 0 Å². The van der Waals surface area contributed by atoms with Crippen LogP contribution in [0.4, 0.5) is 0 Å². The molecule has 2 aliphatic rings. The van der Waals surface area contributed by atoms with Gasteiger partial charge in [-0.05, 0) is 51.0 Å². The summed E-state index contributed by atoms with van der Waals surface area (Å²) >= 11 is 0. The molecule has 0 aromatic carbocycles. The predicted octanol–water partition coefficient (Wildman–Crippen LogP) is 3.44. The zero-order chi connectivity index (χ0) is 11.4. The van der Waals surface area contributed by atoms with Crippen molar-refractivity contribution in [2.24, 2.45) is 5.92 Å². The van der Waals surface area contributed by atoms with Crippen LogP contribution in [0, 0.1) is 18.3 Å². The Labute approximate surface area is 101 Å². The molecule has 0 radical (unpaired) electrons. The Kier molecular flexibility index (Phi) is 4.29. The number of hydrogen-bond acceptors (Lipinski definition) is 1. The van der Waals surface area contributed by atoms with Crippen LogP contribution in [0.1, 0.15) is 58.3 Å². The van der Waals surface area contributed by atoms with Gasteiger partial charge in [-0.2, -0.15) is 0 Å². The van der Waals surface area contributed by atoms with Crippen molar-refractivity contribution >= 4 is 0 Å². The van der Waals surface area contributed by atoms with Gasteiger partial charge in [0.15, 0.2) is 0 Å². The highest BCUT2D eigenvalue weighted by molar-refractivity contribution is 4.94. The lowest BCUT2D eigenvalue weighted by Crippen LogP contribution is -2.47. The van der Waals surface area contributed by atoms with Gasteiger partial charge in [0.2, 0.25) is 0 Å². The molecular formula is C15H25N. The standard InChI is InChI=1S/C15H25N/c1-3-5-6-8-14-11-10-13(4-2)15-9-7-12-16(14)15/h1,13-15H,4-12H2,2H3/t13-,14+,15-/m1/s1. The minimum atomic E-state index is 0.851. The summed E-state index contributed by atoms with van der Waals surface area (Å²) in [6.07, 6.45) is 16.0. The van der Waals surface area contributed by atoms with Gasteiger partial charge in [-0.3, -0.25) is 4.90 Å².